The normalized spacial score (nSPS) is 18.0. The van der Waals surface area contributed by atoms with Crippen LogP contribution in [0.2, 0.25) is 0 Å². The van der Waals surface area contributed by atoms with Crippen LogP contribution in [0.4, 0.5) is 5.69 Å². The molecule has 0 radical (unpaired) electrons. The van der Waals surface area contributed by atoms with Crippen molar-refractivity contribution in [2.75, 3.05) is 25.1 Å². The maximum atomic E-state index is 13.7. The minimum Gasteiger partial charge on any atom is -0.496 e. The first kappa shape index (κ1) is 22.1. The van der Waals surface area contributed by atoms with Crippen molar-refractivity contribution in [3.8, 4) is 5.75 Å². The highest BCUT2D eigenvalue weighted by Crippen LogP contribution is 2.39. The van der Waals surface area contributed by atoms with Gasteiger partial charge in [-0.2, -0.15) is 0 Å². The molecule has 0 unspecified atom stereocenters. The van der Waals surface area contributed by atoms with E-state index in [1.165, 1.54) is 4.90 Å². The molecular formula is C27H32N2O3. The Labute approximate surface area is 190 Å². The average molecular weight is 433 g/mol. The summed E-state index contributed by atoms with van der Waals surface area (Å²) in [5.74, 6) is 0.664. The van der Waals surface area contributed by atoms with E-state index in [9.17, 15) is 9.59 Å². The highest BCUT2D eigenvalue weighted by atomic mass is 16.5. The number of ether oxygens (including phenoxy) is 1. The van der Waals surface area contributed by atoms with Crippen LogP contribution in [-0.4, -0.2) is 36.9 Å². The Morgan fingerprint density at radius 2 is 1.53 bits per heavy atom. The van der Waals surface area contributed by atoms with E-state index in [4.69, 9.17) is 4.74 Å². The Morgan fingerprint density at radius 3 is 2.12 bits per heavy atom. The highest BCUT2D eigenvalue weighted by molar-refractivity contribution is 6.45. The number of hydrogen-bond acceptors (Lipinski definition) is 4. The van der Waals surface area contributed by atoms with Crippen molar-refractivity contribution in [2.24, 2.45) is 5.92 Å². The zero-order valence-electron chi connectivity index (χ0n) is 19.6. The van der Waals surface area contributed by atoms with Crippen LogP contribution in [0.1, 0.15) is 51.7 Å². The number of rotatable bonds is 4. The molecule has 0 bridgehead atoms. The summed E-state index contributed by atoms with van der Waals surface area (Å²) in [6, 6.07) is 15.2. The van der Waals surface area contributed by atoms with Gasteiger partial charge in [0.1, 0.15) is 11.4 Å². The third-order valence-electron chi connectivity index (χ3n) is 6.53. The Morgan fingerprint density at radius 1 is 0.906 bits per heavy atom. The molecule has 0 atom stereocenters. The van der Waals surface area contributed by atoms with Gasteiger partial charge in [0.15, 0.2) is 0 Å². The third kappa shape index (κ3) is 3.92. The lowest BCUT2D eigenvalue weighted by atomic mass is 9.87. The van der Waals surface area contributed by atoms with E-state index in [-0.39, 0.29) is 17.2 Å². The summed E-state index contributed by atoms with van der Waals surface area (Å²) in [5, 5.41) is 0. The van der Waals surface area contributed by atoms with E-state index < -0.39 is 0 Å². The number of anilines is 1. The van der Waals surface area contributed by atoms with Crippen LogP contribution in [-0.2, 0) is 15.0 Å². The summed E-state index contributed by atoms with van der Waals surface area (Å²) in [6.45, 7) is 10.2. The number of likely N-dealkylation sites (tertiary alicyclic amines) is 1. The molecule has 168 valence electrons. The largest absolute Gasteiger partial charge is 0.496 e. The number of para-hydroxylation sites is 1. The number of imide groups is 1. The topological polar surface area (TPSA) is 49.9 Å². The van der Waals surface area contributed by atoms with Gasteiger partial charge in [-0.3, -0.25) is 9.59 Å². The molecule has 2 aromatic carbocycles. The second-order valence-electron chi connectivity index (χ2n) is 9.84. The van der Waals surface area contributed by atoms with E-state index in [0.29, 0.717) is 34.2 Å². The van der Waals surface area contributed by atoms with E-state index in [0.717, 1.165) is 31.5 Å². The first-order chi connectivity index (χ1) is 15.2. The molecule has 0 aromatic heterocycles. The summed E-state index contributed by atoms with van der Waals surface area (Å²) in [6.07, 6.45) is 2.01. The molecule has 2 amide bonds. The standard InChI is InChI=1S/C27H32N2O3/c1-18-14-16-28(17-15-18)24-23(21-8-6-7-9-22(21)32-5)25(30)29(26(24)31)20-12-10-19(11-13-20)27(2,3)4/h6-13,18H,14-17H2,1-5H3. The number of carbonyl (C=O) groups is 2. The number of benzene rings is 2. The van der Waals surface area contributed by atoms with Gasteiger partial charge in [0.2, 0.25) is 0 Å². The molecule has 5 nitrogen and oxygen atoms in total. The molecule has 0 spiro atoms. The molecule has 0 aliphatic carbocycles. The predicted octanol–water partition coefficient (Wildman–Crippen LogP) is 5.01. The number of nitrogens with zero attached hydrogens (tertiary/aromatic N) is 2. The van der Waals surface area contributed by atoms with Crippen LogP contribution in [0.3, 0.4) is 0 Å². The molecule has 32 heavy (non-hydrogen) atoms. The van der Waals surface area contributed by atoms with Crippen molar-refractivity contribution in [3.05, 3.63) is 65.4 Å². The molecule has 0 N–H and O–H groups in total. The molecule has 4 rings (SSSR count). The third-order valence-corrected chi connectivity index (χ3v) is 6.53. The van der Waals surface area contributed by atoms with Crippen molar-refractivity contribution < 1.29 is 14.3 Å². The molecule has 2 aliphatic heterocycles. The van der Waals surface area contributed by atoms with E-state index >= 15 is 0 Å². The van der Waals surface area contributed by atoms with E-state index in [1.807, 2.05) is 48.5 Å². The van der Waals surface area contributed by atoms with Crippen LogP contribution in [0, 0.1) is 5.92 Å². The molecule has 1 saturated heterocycles. The average Bonchev–Trinajstić information content (AvgIpc) is 3.03. The second kappa shape index (κ2) is 8.45. The predicted molar refractivity (Wildman–Crippen MR) is 128 cm³/mol. The zero-order valence-corrected chi connectivity index (χ0v) is 19.6. The second-order valence-corrected chi connectivity index (χ2v) is 9.84. The van der Waals surface area contributed by atoms with Gasteiger partial charge < -0.3 is 9.64 Å². The number of hydrogen-bond donors (Lipinski definition) is 0. The van der Waals surface area contributed by atoms with Gasteiger partial charge in [0, 0.05) is 18.7 Å². The molecular weight excluding hydrogens is 400 g/mol. The fourth-order valence-corrected chi connectivity index (χ4v) is 4.48. The van der Waals surface area contributed by atoms with Gasteiger partial charge in [-0.1, -0.05) is 58.0 Å². The van der Waals surface area contributed by atoms with Gasteiger partial charge in [-0.25, -0.2) is 4.90 Å². The van der Waals surface area contributed by atoms with Crippen LogP contribution >= 0.6 is 0 Å². The minimum atomic E-state index is -0.295. The van der Waals surface area contributed by atoms with Gasteiger partial charge in [0.05, 0.1) is 18.4 Å². The zero-order chi connectivity index (χ0) is 23.0. The molecule has 2 heterocycles. The molecule has 2 aromatic rings. The smallest absolute Gasteiger partial charge is 0.282 e. The number of carbonyl (C=O) groups excluding carboxylic acids is 2. The van der Waals surface area contributed by atoms with E-state index in [1.54, 1.807) is 7.11 Å². The van der Waals surface area contributed by atoms with Crippen molar-refractivity contribution in [1.82, 2.24) is 4.90 Å². The van der Waals surface area contributed by atoms with Crippen molar-refractivity contribution >= 4 is 23.1 Å². The Balaban J connectivity index is 1.80. The molecule has 2 aliphatic rings. The lowest BCUT2D eigenvalue weighted by molar-refractivity contribution is -0.120. The Hall–Kier alpha value is -3.08. The quantitative estimate of drug-likeness (QED) is 0.638. The van der Waals surface area contributed by atoms with Gasteiger partial charge >= 0.3 is 0 Å². The number of piperidine rings is 1. The lowest BCUT2D eigenvalue weighted by Crippen LogP contribution is -2.38. The van der Waals surface area contributed by atoms with Gasteiger partial charge in [0.25, 0.3) is 11.8 Å². The van der Waals surface area contributed by atoms with E-state index in [2.05, 4.69) is 32.6 Å². The summed E-state index contributed by atoms with van der Waals surface area (Å²) in [4.78, 5) is 30.9. The van der Waals surface area contributed by atoms with Gasteiger partial charge in [-0.15, -0.1) is 0 Å². The Bertz CT molecular complexity index is 1060. The first-order valence-electron chi connectivity index (χ1n) is 11.3. The minimum absolute atomic E-state index is 0.00593. The van der Waals surface area contributed by atoms with Crippen LogP contribution in [0.15, 0.2) is 54.2 Å². The van der Waals surface area contributed by atoms with Crippen LogP contribution < -0.4 is 9.64 Å². The lowest BCUT2D eigenvalue weighted by Gasteiger charge is -2.32. The van der Waals surface area contributed by atoms with Crippen molar-refractivity contribution in [3.63, 3.8) is 0 Å². The SMILES string of the molecule is COc1ccccc1C1=C(N2CCC(C)CC2)C(=O)N(c2ccc(C(C)(C)C)cc2)C1=O. The van der Waals surface area contributed by atoms with Gasteiger partial charge in [-0.05, 0) is 47.9 Å². The summed E-state index contributed by atoms with van der Waals surface area (Å²) >= 11 is 0. The van der Waals surface area contributed by atoms with Crippen LogP contribution in [0.5, 0.6) is 5.75 Å². The monoisotopic (exact) mass is 432 g/mol. The van der Waals surface area contributed by atoms with Crippen LogP contribution in [0.25, 0.3) is 5.57 Å². The number of amides is 2. The Kier molecular flexibility index (Phi) is 5.85. The van der Waals surface area contributed by atoms with Crippen molar-refractivity contribution in [2.45, 2.75) is 46.0 Å². The first-order valence-corrected chi connectivity index (χ1v) is 11.3. The maximum Gasteiger partial charge on any atom is 0.282 e. The maximum absolute atomic E-state index is 13.7. The summed E-state index contributed by atoms with van der Waals surface area (Å²) < 4.78 is 5.55. The fraction of sp³-hybridized carbons (Fsp3) is 0.407. The summed E-state index contributed by atoms with van der Waals surface area (Å²) in [5.41, 5.74) is 3.34. The molecule has 5 heteroatoms. The fourth-order valence-electron chi connectivity index (χ4n) is 4.48. The summed E-state index contributed by atoms with van der Waals surface area (Å²) in [7, 11) is 1.59. The number of methoxy groups -OCH3 is 1. The van der Waals surface area contributed by atoms with Crippen molar-refractivity contribution in [1.29, 1.82) is 0 Å². The highest BCUT2D eigenvalue weighted by Gasteiger charge is 2.43. The molecule has 0 saturated carbocycles. The molecule has 1 fully saturated rings.